The van der Waals surface area contributed by atoms with E-state index < -0.39 is 12.7 Å². The molecule has 0 unspecified atom stereocenters. The van der Waals surface area contributed by atoms with Gasteiger partial charge >= 0.3 is 6.18 Å². The number of nitrogens with zero attached hydrogens (tertiary/aromatic N) is 2. The highest BCUT2D eigenvalue weighted by molar-refractivity contribution is 5.53. The number of nitrogens with one attached hydrogen (secondary N) is 1. The van der Waals surface area contributed by atoms with E-state index in [1.807, 2.05) is 0 Å². The smallest absolute Gasteiger partial charge is 0.365 e. The Bertz CT molecular complexity index is 377. The number of pyridine rings is 1. The summed E-state index contributed by atoms with van der Waals surface area (Å²) in [6, 6.07) is 1.67. The van der Waals surface area contributed by atoms with Crippen LogP contribution in [0.5, 0.6) is 0 Å². The minimum atomic E-state index is -4.21. The maximum absolute atomic E-state index is 12.3. The van der Waals surface area contributed by atoms with Gasteiger partial charge in [0.15, 0.2) is 0 Å². The summed E-state index contributed by atoms with van der Waals surface area (Å²) in [6.07, 6.45) is -2.60. The van der Waals surface area contributed by atoms with Crippen molar-refractivity contribution in [1.82, 2.24) is 10.3 Å². The number of aromatic nitrogens is 1. The first kappa shape index (κ1) is 13.8. The van der Waals surface area contributed by atoms with Crippen LogP contribution >= 0.6 is 0 Å². The standard InChI is InChI=1S/C11H16F3N3/c1-8-4-10(9(5-15-2)6-16-8)17(3)7-11(12,13)14/h4,6,15H,5,7H2,1-3H3. The molecule has 0 spiro atoms. The van der Waals surface area contributed by atoms with Crippen molar-refractivity contribution in [2.45, 2.75) is 19.6 Å². The molecule has 96 valence electrons. The number of hydrogen-bond acceptors (Lipinski definition) is 3. The lowest BCUT2D eigenvalue weighted by atomic mass is 10.2. The summed E-state index contributed by atoms with van der Waals surface area (Å²) < 4.78 is 37.0. The quantitative estimate of drug-likeness (QED) is 0.883. The number of aryl methyl sites for hydroxylation is 1. The predicted molar refractivity (Wildman–Crippen MR) is 61.1 cm³/mol. The topological polar surface area (TPSA) is 28.2 Å². The van der Waals surface area contributed by atoms with Crippen LogP contribution in [0.4, 0.5) is 18.9 Å². The fourth-order valence-electron chi connectivity index (χ4n) is 1.61. The van der Waals surface area contributed by atoms with Gasteiger partial charge in [0, 0.05) is 36.7 Å². The van der Waals surface area contributed by atoms with Crippen LogP contribution in [-0.2, 0) is 6.54 Å². The zero-order valence-corrected chi connectivity index (χ0v) is 10.1. The lowest BCUT2D eigenvalue weighted by molar-refractivity contribution is -0.119. The van der Waals surface area contributed by atoms with Gasteiger partial charge in [-0.1, -0.05) is 0 Å². The summed E-state index contributed by atoms with van der Waals surface area (Å²) in [5, 5.41) is 2.91. The van der Waals surface area contributed by atoms with Crippen LogP contribution in [0, 0.1) is 6.92 Å². The molecule has 1 aromatic rings. The van der Waals surface area contributed by atoms with E-state index in [0.29, 0.717) is 17.9 Å². The molecule has 1 heterocycles. The fourth-order valence-corrected chi connectivity index (χ4v) is 1.61. The largest absolute Gasteiger partial charge is 0.405 e. The van der Waals surface area contributed by atoms with Gasteiger partial charge in [-0.25, -0.2) is 0 Å². The van der Waals surface area contributed by atoms with Crippen LogP contribution < -0.4 is 10.2 Å². The summed E-state index contributed by atoms with van der Waals surface area (Å²) in [6.45, 7) is 1.28. The molecule has 0 aliphatic heterocycles. The highest BCUT2D eigenvalue weighted by atomic mass is 19.4. The number of rotatable bonds is 4. The molecule has 0 aromatic carbocycles. The molecule has 6 heteroatoms. The number of hydrogen-bond donors (Lipinski definition) is 1. The Morgan fingerprint density at radius 2 is 2.06 bits per heavy atom. The van der Waals surface area contributed by atoms with Gasteiger partial charge in [0.1, 0.15) is 6.54 Å². The number of anilines is 1. The van der Waals surface area contributed by atoms with Gasteiger partial charge < -0.3 is 10.2 Å². The lowest BCUT2D eigenvalue weighted by Crippen LogP contribution is -2.32. The molecular formula is C11H16F3N3. The van der Waals surface area contributed by atoms with E-state index in [2.05, 4.69) is 10.3 Å². The highest BCUT2D eigenvalue weighted by Crippen LogP contribution is 2.24. The molecule has 0 saturated carbocycles. The molecule has 3 nitrogen and oxygen atoms in total. The van der Waals surface area contributed by atoms with Crippen molar-refractivity contribution in [3.8, 4) is 0 Å². The fraction of sp³-hybridized carbons (Fsp3) is 0.545. The van der Waals surface area contributed by atoms with Gasteiger partial charge in [-0.2, -0.15) is 13.2 Å². The van der Waals surface area contributed by atoms with Crippen LogP contribution in [0.25, 0.3) is 0 Å². The van der Waals surface area contributed by atoms with Crippen molar-refractivity contribution in [3.63, 3.8) is 0 Å². The third-order valence-corrected chi connectivity index (χ3v) is 2.29. The van der Waals surface area contributed by atoms with Crippen LogP contribution in [0.1, 0.15) is 11.3 Å². The van der Waals surface area contributed by atoms with Gasteiger partial charge in [-0.15, -0.1) is 0 Å². The van der Waals surface area contributed by atoms with Crippen LogP contribution in [-0.4, -0.2) is 31.8 Å². The second-order valence-electron chi connectivity index (χ2n) is 3.96. The monoisotopic (exact) mass is 247 g/mol. The second kappa shape index (κ2) is 5.35. The summed E-state index contributed by atoms with van der Waals surface area (Å²) >= 11 is 0. The molecular weight excluding hydrogens is 231 g/mol. The predicted octanol–water partition coefficient (Wildman–Crippen LogP) is 2.11. The van der Waals surface area contributed by atoms with E-state index >= 15 is 0 Å². The Labute approximate surface area is 98.6 Å². The van der Waals surface area contributed by atoms with E-state index in [9.17, 15) is 13.2 Å². The summed E-state index contributed by atoms with van der Waals surface area (Å²) in [5.74, 6) is 0. The Hall–Kier alpha value is -1.30. The normalized spacial score (nSPS) is 11.6. The van der Waals surface area contributed by atoms with E-state index in [1.54, 1.807) is 26.2 Å². The first-order chi connectivity index (χ1) is 7.83. The first-order valence-corrected chi connectivity index (χ1v) is 5.21. The maximum Gasteiger partial charge on any atom is 0.405 e. The van der Waals surface area contributed by atoms with Crippen LogP contribution in [0.2, 0.25) is 0 Å². The third-order valence-electron chi connectivity index (χ3n) is 2.29. The molecule has 0 radical (unpaired) electrons. The molecule has 1 aromatic heterocycles. The van der Waals surface area contributed by atoms with Gasteiger partial charge in [-0.3, -0.25) is 4.98 Å². The average molecular weight is 247 g/mol. The molecule has 0 fully saturated rings. The van der Waals surface area contributed by atoms with Crippen molar-refractivity contribution in [2.24, 2.45) is 0 Å². The van der Waals surface area contributed by atoms with Gasteiger partial charge in [0.25, 0.3) is 0 Å². The lowest BCUT2D eigenvalue weighted by Gasteiger charge is -2.23. The van der Waals surface area contributed by atoms with Crippen LogP contribution in [0.3, 0.4) is 0 Å². The van der Waals surface area contributed by atoms with Crippen molar-refractivity contribution < 1.29 is 13.2 Å². The first-order valence-electron chi connectivity index (χ1n) is 5.21. The minimum Gasteiger partial charge on any atom is -0.365 e. The second-order valence-corrected chi connectivity index (χ2v) is 3.96. The van der Waals surface area contributed by atoms with Crippen molar-refractivity contribution in [2.75, 3.05) is 25.5 Å². The Morgan fingerprint density at radius 1 is 1.41 bits per heavy atom. The van der Waals surface area contributed by atoms with Crippen LogP contribution in [0.15, 0.2) is 12.3 Å². The van der Waals surface area contributed by atoms with E-state index in [-0.39, 0.29) is 0 Å². The van der Waals surface area contributed by atoms with E-state index in [4.69, 9.17) is 0 Å². The zero-order valence-electron chi connectivity index (χ0n) is 10.1. The average Bonchev–Trinajstić information content (AvgIpc) is 2.18. The third kappa shape index (κ3) is 4.22. The van der Waals surface area contributed by atoms with Crippen molar-refractivity contribution >= 4 is 5.69 Å². The van der Waals surface area contributed by atoms with Gasteiger partial charge in [0.2, 0.25) is 0 Å². The zero-order chi connectivity index (χ0) is 13.1. The van der Waals surface area contributed by atoms with Gasteiger partial charge in [-0.05, 0) is 20.0 Å². The molecule has 0 aliphatic rings. The molecule has 0 saturated heterocycles. The molecule has 0 atom stereocenters. The Kier molecular flexibility index (Phi) is 4.34. The Balaban J connectivity index is 2.97. The number of alkyl halides is 3. The van der Waals surface area contributed by atoms with Gasteiger partial charge in [0.05, 0.1) is 0 Å². The summed E-state index contributed by atoms with van der Waals surface area (Å²) in [7, 11) is 3.18. The SMILES string of the molecule is CNCc1cnc(C)cc1N(C)CC(F)(F)F. The maximum atomic E-state index is 12.3. The molecule has 0 amide bonds. The Morgan fingerprint density at radius 3 is 2.59 bits per heavy atom. The summed E-state index contributed by atoms with van der Waals surface area (Å²) in [4.78, 5) is 5.29. The molecule has 1 N–H and O–H groups in total. The van der Waals surface area contributed by atoms with Crippen molar-refractivity contribution in [3.05, 3.63) is 23.5 Å². The summed E-state index contributed by atoms with van der Waals surface area (Å²) in [5.41, 5.74) is 2.02. The number of halogens is 3. The van der Waals surface area contributed by atoms with Crippen molar-refractivity contribution in [1.29, 1.82) is 0 Å². The molecule has 0 bridgehead atoms. The minimum absolute atomic E-state index is 0.491. The highest BCUT2D eigenvalue weighted by Gasteiger charge is 2.30. The van der Waals surface area contributed by atoms with E-state index in [1.165, 1.54) is 11.9 Å². The molecule has 1 rings (SSSR count). The van der Waals surface area contributed by atoms with E-state index in [0.717, 1.165) is 5.56 Å². The molecule has 17 heavy (non-hydrogen) atoms. The molecule has 0 aliphatic carbocycles.